The monoisotopic (exact) mass is 350 g/mol. The molecule has 2 N–H and O–H groups in total. The summed E-state index contributed by atoms with van der Waals surface area (Å²) in [5.41, 5.74) is 4.42. The van der Waals surface area contributed by atoms with E-state index in [-0.39, 0.29) is 24.5 Å². The molecule has 4 rings (SSSR count). The Balaban J connectivity index is 1.36. The lowest BCUT2D eigenvalue weighted by Gasteiger charge is -2.26. The minimum atomic E-state index is -0.113. The van der Waals surface area contributed by atoms with E-state index >= 15 is 0 Å². The Labute approximate surface area is 152 Å². The van der Waals surface area contributed by atoms with E-state index in [1.54, 1.807) is 6.07 Å². The SMILES string of the molecule is O=C1CCc2cc(OCC(=O)NC3CCCc4ccccc43)ccc2N1. The fourth-order valence-corrected chi connectivity index (χ4v) is 3.74. The Morgan fingerprint density at radius 3 is 2.92 bits per heavy atom. The molecule has 5 nitrogen and oxygen atoms in total. The quantitative estimate of drug-likeness (QED) is 0.890. The number of carbonyl (C=O) groups is 2. The summed E-state index contributed by atoms with van der Waals surface area (Å²) in [6, 6.07) is 13.9. The lowest BCUT2D eigenvalue weighted by atomic mass is 9.88. The average Bonchev–Trinajstić information content (AvgIpc) is 2.66. The molecule has 0 bridgehead atoms. The third kappa shape index (κ3) is 3.57. The van der Waals surface area contributed by atoms with Crippen LogP contribution in [0.25, 0.3) is 0 Å². The first kappa shape index (κ1) is 16.6. The number of hydrogen-bond acceptors (Lipinski definition) is 3. The van der Waals surface area contributed by atoms with E-state index in [1.807, 2.05) is 24.3 Å². The van der Waals surface area contributed by atoms with Crippen LogP contribution >= 0.6 is 0 Å². The molecule has 0 radical (unpaired) electrons. The van der Waals surface area contributed by atoms with E-state index in [0.29, 0.717) is 18.6 Å². The van der Waals surface area contributed by atoms with Gasteiger partial charge >= 0.3 is 0 Å². The second-order valence-corrected chi connectivity index (χ2v) is 6.87. The van der Waals surface area contributed by atoms with Crippen molar-refractivity contribution in [2.45, 2.75) is 38.1 Å². The molecule has 1 atom stereocenters. The lowest BCUT2D eigenvalue weighted by molar-refractivity contribution is -0.124. The highest BCUT2D eigenvalue weighted by Gasteiger charge is 2.21. The molecule has 0 fully saturated rings. The normalized spacial score (nSPS) is 18.3. The van der Waals surface area contributed by atoms with Crippen molar-refractivity contribution in [1.29, 1.82) is 0 Å². The van der Waals surface area contributed by atoms with Crippen molar-refractivity contribution >= 4 is 17.5 Å². The molecule has 2 aromatic rings. The number of carbonyl (C=O) groups excluding carboxylic acids is 2. The second kappa shape index (κ2) is 7.20. The van der Waals surface area contributed by atoms with Gasteiger partial charge in [-0.15, -0.1) is 0 Å². The molecule has 0 aromatic heterocycles. The van der Waals surface area contributed by atoms with Crippen LogP contribution in [0.4, 0.5) is 5.69 Å². The van der Waals surface area contributed by atoms with Gasteiger partial charge in [0.15, 0.2) is 6.61 Å². The van der Waals surface area contributed by atoms with Crippen LogP contribution in [0.5, 0.6) is 5.75 Å². The van der Waals surface area contributed by atoms with Gasteiger partial charge in [-0.1, -0.05) is 24.3 Å². The number of nitrogens with one attached hydrogen (secondary N) is 2. The number of benzene rings is 2. The Hall–Kier alpha value is -2.82. The van der Waals surface area contributed by atoms with Crippen molar-refractivity contribution in [3.63, 3.8) is 0 Å². The van der Waals surface area contributed by atoms with Crippen molar-refractivity contribution in [1.82, 2.24) is 5.32 Å². The van der Waals surface area contributed by atoms with Crippen LogP contribution in [0.1, 0.15) is 42.0 Å². The third-order valence-electron chi connectivity index (χ3n) is 5.05. The van der Waals surface area contributed by atoms with E-state index in [0.717, 1.165) is 30.5 Å². The third-order valence-corrected chi connectivity index (χ3v) is 5.05. The minimum absolute atomic E-state index is 0.0101. The maximum absolute atomic E-state index is 12.3. The van der Waals surface area contributed by atoms with E-state index in [1.165, 1.54) is 11.1 Å². The second-order valence-electron chi connectivity index (χ2n) is 6.87. The molecule has 26 heavy (non-hydrogen) atoms. The van der Waals surface area contributed by atoms with E-state index in [2.05, 4.69) is 22.8 Å². The number of anilines is 1. The molecular weight excluding hydrogens is 328 g/mol. The highest BCUT2D eigenvalue weighted by molar-refractivity contribution is 5.94. The van der Waals surface area contributed by atoms with Gasteiger partial charge in [0.1, 0.15) is 5.75 Å². The fraction of sp³-hybridized carbons (Fsp3) is 0.333. The maximum atomic E-state index is 12.3. The Morgan fingerprint density at radius 1 is 1.12 bits per heavy atom. The number of fused-ring (bicyclic) bond motifs is 2. The van der Waals surface area contributed by atoms with Crippen LogP contribution in [-0.2, 0) is 22.4 Å². The van der Waals surface area contributed by atoms with Crippen molar-refractivity contribution in [2.24, 2.45) is 0 Å². The van der Waals surface area contributed by atoms with Gasteiger partial charge in [-0.2, -0.15) is 0 Å². The first-order valence-electron chi connectivity index (χ1n) is 9.12. The van der Waals surface area contributed by atoms with Gasteiger partial charge < -0.3 is 15.4 Å². The smallest absolute Gasteiger partial charge is 0.258 e. The molecule has 0 spiro atoms. The Kier molecular flexibility index (Phi) is 4.61. The summed E-state index contributed by atoms with van der Waals surface area (Å²) in [6.45, 7) is -0.0101. The highest BCUT2D eigenvalue weighted by atomic mass is 16.5. The molecule has 0 saturated heterocycles. The number of hydrogen-bond donors (Lipinski definition) is 2. The summed E-state index contributed by atoms with van der Waals surface area (Å²) < 4.78 is 5.67. The van der Waals surface area contributed by atoms with Crippen LogP contribution in [-0.4, -0.2) is 18.4 Å². The number of amides is 2. The number of aryl methyl sites for hydroxylation is 2. The molecular formula is C21H22N2O3. The average molecular weight is 350 g/mol. The zero-order valence-electron chi connectivity index (χ0n) is 14.6. The highest BCUT2D eigenvalue weighted by Crippen LogP contribution is 2.29. The van der Waals surface area contributed by atoms with Crippen molar-refractivity contribution in [3.05, 3.63) is 59.2 Å². The van der Waals surface area contributed by atoms with Gasteiger partial charge in [0.2, 0.25) is 5.91 Å². The summed E-state index contributed by atoms with van der Waals surface area (Å²) in [5.74, 6) is 0.579. The molecule has 1 unspecified atom stereocenters. The van der Waals surface area contributed by atoms with Gasteiger partial charge in [-0.25, -0.2) is 0 Å². The van der Waals surface area contributed by atoms with Crippen molar-refractivity contribution in [3.8, 4) is 5.75 Å². The molecule has 1 aliphatic heterocycles. The Bertz CT molecular complexity index is 847. The summed E-state index contributed by atoms with van der Waals surface area (Å²) >= 11 is 0. The van der Waals surface area contributed by atoms with Crippen LogP contribution in [0, 0.1) is 0 Å². The summed E-state index contributed by atoms with van der Waals surface area (Å²) in [7, 11) is 0. The molecule has 5 heteroatoms. The summed E-state index contributed by atoms with van der Waals surface area (Å²) in [6.07, 6.45) is 4.30. The van der Waals surface area contributed by atoms with Crippen LogP contribution in [0.2, 0.25) is 0 Å². The van der Waals surface area contributed by atoms with E-state index < -0.39 is 0 Å². The van der Waals surface area contributed by atoms with Crippen molar-refractivity contribution in [2.75, 3.05) is 11.9 Å². The molecule has 2 amide bonds. The largest absolute Gasteiger partial charge is 0.484 e. The predicted octanol–water partition coefficient (Wildman–Crippen LogP) is 3.14. The minimum Gasteiger partial charge on any atom is -0.484 e. The molecule has 1 aliphatic carbocycles. The molecule has 134 valence electrons. The molecule has 1 heterocycles. The molecule has 2 aromatic carbocycles. The number of rotatable bonds is 4. The van der Waals surface area contributed by atoms with Crippen LogP contribution in [0.15, 0.2) is 42.5 Å². The van der Waals surface area contributed by atoms with E-state index in [9.17, 15) is 9.59 Å². The molecule has 2 aliphatic rings. The standard InChI is InChI=1S/C21H22N2O3/c24-20-11-8-15-12-16(9-10-18(15)22-20)26-13-21(25)23-19-7-3-5-14-4-1-2-6-17(14)19/h1-2,4,6,9-10,12,19H,3,5,7-8,11,13H2,(H,22,24)(H,23,25). The maximum Gasteiger partial charge on any atom is 0.258 e. The van der Waals surface area contributed by atoms with Gasteiger partial charge in [-0.05, 0) is 60.6 Å². The first-order chi connectivity index (χ1) is 12.7. The van der Waals surface area contributed by atoms with Crippen LogP contribution < -0.4 is 15.4 Å². The topological polar surface area (TPSA) is 67.4 Å². The summed E-state index contributed by atoms with van der Waals surface area (Å²) in [4.78, 5) is 23.7. The van der Waals surface area contributed by atoms with Gasteiger partial charge in [-0.3, -0.25) is 9.59 Å². The number of ether oxygens (including phenoxy) is 1. The van der Waals surface area contributed by atoms with Gasteiger partial charge in [0.05, 0.1) is 6.04 Å². The Morgan fingerprint density at radius 2 is 2.00 bits per heavy atom. The molecule has 0 saturated carbocycles. The van der Waals surface area contributed by atoms with Gasteiger partial charge in [0, 0.05) is 12.1 Å². The summed E-state index contributed by atoms with van der Waals surface area (Å²) in [5, 5.41) is 5.93. The van der Waals surface area contributed by atoms with Crippen LogP contribution in [0.3, 0.4) is 0 Å². The van der Waals surface area contributed by atoms with Gasteiger partial charge in [0.25, 0.3) is 5.91 Å². The predicted molar refractivity (Wildman–Crippen MR) is 99.2 cm³/mol. The first-order valence-corrected chi connectivity index (χ1v) is 9.12. The fourth-order valence-electron chi connectivity index (χ4n) is 3.74. The zero-order valence-corrected chi connectivity index (χ0v) is 14.6. The zero-order chi connectivity index (χ0) is 17.9. The van der Waals surface area contributed by atoms with E-state index in [4.69, 9.17) is 4.74 Å². The lowest BCUT2D eigenvalue weighted by Crippen LogP contribution is -2.34. The van der Waals surface area contributed by atoms with Crippen molar-refractivity contribution < 1.29 is 14.3 Å².